The normalized spacial score (nSPS) is 19.5. The first kappa shape index (κ1) is 27.6. The van der Waals surface area contributed by atoms with Gasteiger partial charge in [0.25, 0.3) is 5.56 Å². The van der Waals surface area contributed by atoms with Gasteiger partial charge in [-0.05, 0) is 42.5 Å². The summed E-state index contributed by atoms with van der Waals surface area (Å²) < 4.78 is 25.3. The molecule has 0 unspecified atom stereocenters. The van der Waals surface area contributed by atoms with Crippen LogP contribution in [-0.4, -0.2) is 57.4 Å². The number of aromatic nitrogens is 3. The van der Waals surface area contributed by atoms with Crippen LogP contribution in [0.3, 0.4) is 0 Å². The Hall–Kier alpha value is -5.55. The predicted molar refractivity (Wildman–Crippen MR) is 152 cm³/mol. The van der Waals surface area contributed by atoms with Crippen molar-refractivity contribution in [2.75, 3.05) is 6.61 Å². The Morgan fingerprint density at radius 3 is 1.86 bits per heavy atom. The predicted octanol–water partition coefficient (Wildman–Crippen LogP) is 3.93. The van der Waals surface area contributed by atoms with Crippen molar-refractivity contribution in [3.63, 3.8) is 0 Å². The number of imidazole rings is 1. The van der Waals surface area contributed by atoms with Crippen LogP contribution in [0.15, 0.2) is 114 Å². The van der Waals surface area contributed by atoms with Crippen LogP contribution in [0.2, 0.25) is 0 Å². The Balaban J connectivity index is 1.37. The molecule has 2 aromatic heterocycles. The number of ether oxygens (including phenoxy) is 4. The van der Waals surface area contributed by atoms with Crippen LogP contribution in [0.25, 0.3) is 11.0 Å². The highest BCUT2D eigenvalue weighted by Crippen LogP contribution is 2.36. The lowest BCUT2D eigenvalue weighted by molar-refractivity contribution is -0.0604. The topological polar surface area (TPSA) is 139 Å². The molecule has 3 heterocycles. The highest BCUT2D eigenvalue weighted by atomic mass is 16.7. The van der Waals surface area contributed by atoms with Gasteiger partial charge in [-0.25, -0.2) is 19.4 Å². The summed E-state index contributed by atoms with van der Waals surface area (Å²) in [4.78, 5) is 58.6. The third kappa shape index (κ3) is 5.79. The van der Waals surface area contributed by atoms with E-state index in [1.807, 2.05) is 0 Å². The van der Waals surface area contributed by atoms with E-state index in [0.717, 1.165) is 0 Å². The number of hydrogen-bond acceptors (Lipinski definition) is 9. The fourth-order valence-electron chi connectivity index (χ4n) is 4.86. The number of benzene rings is 3. The minimum absolute atomic E-state index is 0.135. The summed E-state index contributed by atoms with van der Waals surface area (Å²) in [6, 6.07) is 26.6. The molecule has 0 radical (unpaired) electrons. The van der Waals surface area contributed by atoms with Crippen molar-refractivity contribution in [2.24, 2.45) is 0 Å². The average molecular weight is 580 g/mol. The molecule has 11 heteroatoms. The lowest BCUT2D eigenvalue weighted by Gasteiger charge is -2.25. The molecule has 0 aliphatic carbocycles. The van der Waals surface area contributed by atoms with Crippen molar-refractivity contribution in [1.29, 1.82) is 0 Å². The average Bonchev–Trinajstić information content (AvgIpc) is 3.63. The van der Waals surface area contributed by atoms with Gasteiger partial charge in [-0.2, -0.15) is 0 Å². The van der Waals surface area contributed by atoms with Gasteiger partial charge >= 0.3 is 17.9 Å². The first-order valence-corrected chi connectivity index (χ1v) is 13.4. The van der Waals surface area contributed by atoms with Gasteiger partial charge in [-0.1, -0.05) is 54.6 Å². The van der Waals surface area contributed by atoms with E-state index in [-0.39, 0.29) is 23.3 Å². The van der Waals surface area contributed by atoms with Crippen molar-refractivity contribution in [3.05, 3.63) is 137 Å². The zero-order valence-electron chi connectivity index (χ0n) is 22.6. The fourth-order valence-corrected chi connectivity index (χ4v) is 4.86. The van der Waals surface area contributed by atoms with Gasteiger partial charge in [-0.15, -0.1) is 0 Å². The minimum atomic E-state index is -1.22. The lowest BCUT2D eigenvalue weighted by Crippen LogP contribution is -2.41. The Kier molecular flexibility index (Phi) is 7.79. The maximum absolute atomic E-state index is 13.3. The van der Waals surface area contributed by atoms with E-state index >= 15 is 0 Å². The first-order valence-electron chi connectivity index (χ1n) is 13.4. The molecule has 0 spiro atoms. The van der Waals surface area contributed by atoms with Crippen LogP contribution < -0.4 is 5.56 Å². The lowest BCUT2D eigenvalue weighted by atomic mass is 10.1. The molecular formula is C32H25N3O8. The largest absolute Gasteiger partial charge is 0.459 e. The van der Waals surface area contributed by atoms with E-state index in [4.69, 9.17) is 18.9 Å². The molecule has 43 heavy (non-hydrogen) atoms. The highest BCUT2D eigenvalue weighted by Gasteiger charge is 2.51. The minimum Gasteiger partial charge on any atom is -0.459 e. The molecule has 11 nitrogen and oxygen atoms in total. The number of carbonyl (C=O) groups is 3. The molecule has 1 fully saturated rings. The quantitative estimate of drug-likeness (QED) is 0.214. The fraction of sp³-hybridized carbons (Fsp3) is 0.156. The molecule has 4 atom stereocenters. The molecule has 0 bridgehead atoms. The molecule has 0 amide bonds. The van der Waals surface area contributed by atoms with Gasteiger partial charge in [0.15, 0.2) is 24.0 Å². The molecule has 1 aliphatic rings. The molecule has 1 N–H and O–H groups in total. The van der Waals surface area contributed by atoms with E-state index in [2.05, 4.69) is 9.97 Å². The van der Waals surface area contributed by atoms with Gasteiger partial charge in [0.2, 0.25) is 0 Å². The van der Waals surface area contributed by atoms with Gasteiger partial charge in [0.05, 0.1) is 28.5 Å². The van der Waals surface area contributed by atoms with E-state index in [1.54, 1.807) is 97.1 Å². The number of rotatable bonds is 8. The zero-order valence-corrected chi connectivity index (χ0v) is 22.6. The summed E-state index contributed by atoms with van der Waals surface area (Å²) in [5.74, 6) is -2.00. The van der Waals surface area contributed by atoms with Gasteiger partial charge < -0.3 is 23.9 Å². The number of nitrogens with one attached hydrogen (secondary N) is 1. The summed E-state index contributed by atoms with van der Waals surface area (Å²) in [5, 5.41) is 0. The first-order chi connectivity index (χ1) is 21.0. The molecular weight excluding hydrogens is 554 g/mol. The SMILES string of the molecule is O=C(OC[C@H]1O[C@@H](n2cnc3c(=O)[nH]ccc32)[C@H](OC(=O)c2ccccc2)[C@@H]1OC(=O)c1ccccc1)c1ccccc1. The van der Waals surface area contributed by atoms with Crippen molar-refractivity contribution < 1.29 is 33.3 Å². The zero-order chi connectivity index (χ0) is 29.8. The number of carbonyl (C=O) groups excluding carboxylic acids is 3. The molecule has 1 saturated heterocycles. The maximum Gasteiger partial charge on any atom is 0.338 e. The third-order valence-electron chi connectivity index (χ3n) is 6.96. The number of pyridine rings is 1. The second-order valence-corrected chi connectivity index (χ2v) is 9.69. The van der Waals surface area contributed by atoms with Crippen LogP contribution in [-0.2, 0) is 18.9 Å². The van der Waals surface area contributed by atoms with Gasteiger partial charge in [-0.3, -0.25) is 9.36 Å². The second kappa shape index (κ2) is 12.1. The van der Waals surface area contributed by atoms with E-state index < -0.39 is 48.0 Å². The summed E-state index contributed by atoms with van der Waals surface area (Å²) in [6.45, 7) is -0.330. The Morgan fingerprint density at radius 2 is 1.28 bits per heavy atom. The van der Waals surface area contributed by atoms with Crippen LogP contribution in [0.5, 0.6) is 0 Å². The maximum atomic E-state index is 13.3. The van der Waals surface area contributed by atoms with Crippen LogP contribution in [0, 0.1) is 0 Å². The van der Waals surface area contributed by atoms with Crippen LogP contribution >= 0.6 is 0 Å². The number of hydrogen-bond donors (Lipinski definition) is 1. The number of aromatic amines is 1. The Labute approximate surface area is 244 Å². The van der Waals surface area contributed by atoms with Crippen LogP contribution in [0.4, 0.5) is 0 Å². The number of H-pyrrole nitrogens is 1. The second-order valence-electron chi connectivity index (χ2n) is 9.69. The smallest absolute Gasteiger partial charge is 0.338 e. The van der Waals surface area contributed by atoms with Crippen molar-refractivity contribution in [2.45, 2.75) is 24.5 Å². The Bertz CT molecular complexity index is 1800. The van der Waals surface area contributed by atoms with E-state index in [9.17, 15) is 19.2 Å². The summed E-state index contributed by atoms with van der Waals surface area (Å²) in [5.41, 5.74) is 0.953. The summed E-state index contributed by atoms with van der Waals surface area (Å²) in [6.07, 6.45) is -1.77. The molecule has 5 aromatic rings. The molecule has 1 aliphatic heterocycles. The highest BCUT2D eigenvalue weighted by molar-refractivity contribution is 5.91. The van der Waals surface area contributed by atoms with Crippen molar-refractivity contribution in [1.82, 2.24) is 14.5 Å². The van der Waals surface area contributed by atoms with Crippen molar-refractivity contribution in [3.8, 4) is 0 Å². The van der Waals surface area contributed by atoms with Gasteiger partial charge in [0.1, 0.15) is 12.7 Å². The Morgan fingerprint density at radius 1 is 0.744 bits per heavy atom. The molecule has 0 saturated carbocycles. The standard InChI is InChI=1S/C32H25N3O8/c36-28-25-23(16-17-33-28)35(19-34-25)29-27(43-32(39)22-14-8-3-9-15-22)26(42-31(38)21-12-6-2-7-13-21)24(41-29)18-40-30(37)20-10-4-1-5-11-20/h1-17,19,24,26-27,29H,18H2,(H,33,36)/t24-,26-,27-,29-/m1/s1. The van der Waals surface area contributed by atoms with E-state index in [0.29, 0.717) is 11.1 Å². The summed E-state index contributed by atoms with van der Waals surface area (Å²) in [7, 11) is 0. The monoisotopic (exact) mass is 579 g/mol. The van der Waals surface area contributed by atoms with Gasteiger partial charge in [0, 0.05) is 6.20 Å². The molecule has 6 rings (SSSR count). The molecule has 3 aromatic carbocycles. The third-order valence-corrected chi connectivity index (χ3v) is 6.96. The van der Waals surface area contributed by atoms with Crippen molar-refractivity contribution >= 4 is 28.9 Å². The molecule has 216 valence electrons. The number of nitrogens with zero attached hydrogens (tertiary/aromatic N) is 2. The number of esters is 3. The van der Waals surface area contributed by atoms with Crippen LogP contribution in [0.1, 0.15) is 37.3 Å². The number of fused-ring (bicyclic) bond motifs is 1. The summed E-state index contributed by atoms with van der Waals surface area (Å²) >= 11 is 0. The van der Waals surface area contributed by atoms with E-state index in [1.165, 1.54) is 17.1 Å².